The van der Waals surface area contributed by atoms with Crippen LogP contribution >= 0.6 is 0 Å². The van der Waals surface area contributed by atoms with E-state index >= 15 is 0 Å². The number of phenols is 1. The first-order valence-corrected chi connectivity index (χ1v) is 6.82. The lowest BCUT2D eigenvalue weighted by Gasteiger charge is -2.09. The average Bonchev–Trinajstić information content (AvgIpc) is 2.49. The lowest BCUT2D eigenvalue weighted by atomic mass is 10.0. The summed E-state index contributed by atoms with van der Waals surface area (Å²) in [7, 11) is 0. The number of anilines is 1. The Kier molecular flexibility index (Phi) is 4.85. The van der Waals surface area contributed by atoms with Gasteiger partial charge in [0.25, 0.3) is 0 Å². The fourth-order valence-corrected chi connectivity index (χ4v) is 1.98. The molecule has 2 aromatic rings. The number of nitrogens with zero attached hydrogens (tertiary/aromatic N) is 1. The molecule has 0 aliphatic carbocycles. The van der Waals surface area contributed by atoms with Crippen LogP contribution in [0, 0.1) is 12.7 Å². The number of nitrogens with one attached hydrogen (secondary N) is 1. The van der Waals surface area contributed by atoms with Crippen LogP contribution in [0.25, 0.3) is 6.08 Å². The molecule has 2 N–H and O–H groups in total. The zero-order chi connectivity index (χ0) is 17.0. The third-order valence-corrected chi connectivity index (χ3v) is 3.10. The van der Waals surface area contributed by atoms with Crippen LogP contribution in [0.3, 0.4) is 0 Å². The molecule has 118 valence electrons. The Balaban J connectivity index is 2.28. The van der Waals surface area contributed by atoms with Gasteiger partial charge in [0.1, 0.15) is 11.6 Å². The molecular formula is C17H15FN2O3. The molecule has 0 spiro atoms. The Bertz CT molecular complexity index is 800. The molecule has 1 amide bonds. The van der Waals surface area contributed by atoms with Gasteiger partial charge in [0.2, 0.25) is 5.91 Å². The number of benzene rings is 1. The SMILES string of the molecule is CC(=O)Nc1cc(O)c(C(=O)C=Cc2ncccc2F)cc1C. The van der Waals surface area contributed by atoms with Crippen molar-refractivity contribution in [2.24, 2.45) is 0 Å². The molecule has 0 bridgehead atoms. The van der Waals surface area contributed by atoms with Crippen LogP contribution < -0.4 is 5.32 Å². The molecule has 0 saturated carbocycles. The smallest absolute Gasteiger partial charge is 0.221 e. The van der Waals surface area contributed by atoms with Gasteiger partial charge in [-0.3, -0.25) is 14.6 Å². The number of carbonyl (C=O) groups excluding carboxylic acids is 2. The van der Waals surface area contributed by atoms with Crippen LogP contribution in [0.5, 0.6) is 5.75 Å². The zero-order valence-electron chi connectivity index (χ0n) is 12.6. The van der Waals surface area contributed by atoms with Gasteiger partial charge in [-0.2, -0.15) is 0 Å². The Labute approximate surface area is 132 Å². The third-order valence-electron chi connectivity index (χ3n) is 3.10. The molecular weight excluding hydrogens is 299 g/mol. The second kappa shape index (κ2) is 6.83. The number of halogens is 1. The molecule has 2 rings (SSSR count). The van der Waals surface area contributed by atoms with Crippen molar-refractivity contribution in [3.8, 4) is 5.75 Å². The maximum absolute atomic E-state index is 13.4. The van der Waals surface area contributed by atoms with Crippen molar-refractivity contribution in [2.75, 3.05) is 5.32 Å². The number of carbonyl (C=O) groups is 2. The van der Waals surface area contributed by atoms with Crippen molar-refractivity contribution in [1.29, 1.82) is 0 Å². The molecule has 1 aromatic heterocycles. The van der Waals surface area contributed by atoms with Gasteiger partial charge < -0.3 is 10.4 Å². The van der Waals surface area contributed by atoms with Crippen molar-refractivity contribution >= 4 is 23.5 Å². The number of allylic oxidation sites excluding steroid dienone is 1. The molecule has 0 radical (unpaired) electrons. The highest BCUT2D eigenvalue weighted by Crippen LogP contribution is 2.27. The molecule has 0 saturated heterocycles. The normalized spacial score (nSPS) is 10.7. The quantitative estimate of drug-likeness (QED) is 0.671. The van der Waals surface area contributed by atoms with E-state index in [0.29, 0.717) is 11.3 Å². The van der Waals surface area contributed by atoms with E-state index in [-0.39, 0.29) is 22.9 Å². The maximum atomic E-state index is 13.4. The van der Waals surface area contributed by atoms with Crippen molar-refractivity contribution in [3.05, 3.63) is 59.2 Å². The Morgan fingerprint density at radius 2 is 2.09 bits per heavy atom. The molecule has 0 aliphatic heterocycles. The average molecular weight is 314 g/mol. The molecule has 5 nitrogen and oxygen atoms in total. The van der Waals surface area contributed by atoms with Gasteiger partial charge in [0.05, 0.1) is 11.3 Å². The van der Waals surface area contributed by atoms with E-state index < -0.39 is 11.6 Å². The summed E-state index contributed by atoms with van der Waals surface area (Å²) in [6.45, 7) is 3.04. The predicted octanol–water partition coefficient (Wildman–Crippen LogP) is 3.09. The molecule has 1 aromatic carbocycles. The fourth-order valence-electron chi connectivity index (χ4n) is 1.98. The molecule has 0 aliphatic rings. The highest BCUT2D eigenvalue weighted by molar-refractivity contribution is 6.09. The Morgan fingerprint density at radius 1 is 1.35 bits per heavy atom. The van der Waals surface area contributed by atoms with Crippen molar-refractivity contribution in [2.45, 2.75) is 13.8 Å². The minimum absolute atomic E-state index is 0.0342. The van der Waals surface area contributed by atoms with E-state index in [2.05, 4.69) is 10.3 Å². The first kappa shape index (κ1) is 16.4. The van der Waals surface area contributed by atoms with Crippen LogP contribution in [-0.4, -0.2) is 21.8 Å². The highest BCUT2D eigenvalue weighted by Gasteiger charge is 2.12. The fraction of sp³-hybridized carbons (Fsp3) is 0.118. The number of hydrogen-bond donors (Lipinski definition) is 2. The van der Waals surface area contributed by atoms with Crippen LogP contribution in [0.4, 0.5) is 10.1 Å². The largest absolute Gasteiger partial charge is 0.507 e. The van der Waals surface area contributed by atoms with Crippen LogP contribution in [0.2, 0.25) is 0 Å². The van der Waals surface area contributed by atoms with Gasteiger partial charge in [-0.05, 0) is 42.8 Å². The number of aromatic nitrogens is 1. The minimum Gasteiger partial charge on any atom is -0.507 e. The number of phenolic OH excluding ortho intramolecular Hbond substituents is 1. The third kappa shape index (κ3) is 4.00. The zero-order valence-corrected chi connectivity index (χ0v) is 12.6. The number of rotatable bonds is 4. The van der Waals surface area contributed by atoms with Gasteiger partial charge >= 0.3 is 0 Å². The van der Waals surface area contributed by atoms with E-state index in [9.17, 15) is 19.1 Å². The topological polar surface area (TPSA) is 79.3 Å². The lowest BCUT2D eigenvalue weighted by Crippen LogP contribution is -2.08. The first-order valence-electron chi connectivity index (χ1n) is 6.82. The summed E-state index contributed by atoms with van der Waals surface area (Å²) in [6.07, 6.45) is 3.79. The van der Waals surface area contributed by atoms with Crippen LogP contribution in [-0.2, 0) is 4.79 Å². The van der Waals surface area contributed by atoms with Gasteiger partial charge in [-0.25, -0.2) is 4.39 Å². The van der Waals surface area contributed by atoms with E-state index in [1.54, 1.807) is 6.92 Å². The summed E-state index contributed by atoms with van der Waals surface area (Å²) in [4.78, 5) is 27.0. The van der Waals surface area contributed by atoms with E-state index in [1.165, 1.54) is 43.5 Å². The Morgan fingerprint density at radius 3 is 2.74 bits per heavy atom. The Hall–Kier alpha value is -3.02. The monoisotopic (exact) mass is 314 g/mol. The number of hydrogen-bond acceptors (Lipinski definition) is 4. The summed E-state index contributed by atoms with van der Waals surface area (Å²) in [5.41, 5.74) is 1.14. The van der Waals surface area contributed by atoms with Crippen LogP contribution in [0.1, 0.15) is 28.5 Å². The molecule has 1 heterocycles. The summed E-state index contributed by atoms with van der Waals surface area (Å²) >= 11 is 0. The number of amides is 1. The van der Waals surface area contributed by atoms with Gasteiger partial charge in [-0.1, -0.05) is 0 Å². The van der Waals surface area contributed by atoms with Gasteiger partial charge in [0.15, 0.2) is 5.78 Å². The number of pyridine rings is 1. The number of aryl methyl sites for hydroxylation is 1. The second-order valence-corrected chi connectivity index (χ2v) is 4.93. The molecule has 0 unspecified atom stereocenters. The number of ketones is 1. The summed E-state index contributed by atoms with van der Waals surface area (Å²) < 4.78 is 13.4. The predicted molar refractivity (Wildman–Crippen MR) is 84.7 cm³/mol. The minimum atomic E-state index is -0.544. The van der Waals surface area contributed by atoms with Gasteiger partial charge in [-0.15, -0.1) is 0 Å². The summed E-state index contributed by atoms with van der Waals surface area (Å²) in [5, 5.41) is 12.5. The van der Waals surface area contributed by atoms with E-state index in [4.69, 9.17) is 0 Å². The van der Waals surface area contributed by atoms with Crippen LogP contribution in [0.15, 0.2) is 36.5 Å². The lowest BCUT2D eigenvalue weighted by molar-refractivity contribution is -0.114. The second-order valence-electron chi connectivity index (χ2n) is 4.93. The van der Waals surface area contributed by atoms with Crippen molar-refractivity contribution < 1.29 is 19.1 Å². The molecule has 6 heteroatoms. The molecule has 0 atom stereocenters. The molecule has 0 fully saturated rings. The summed E-state index contributed by atoms with van der Waals surface area (Å²) in [6, 6.07) is 5.45. The summed E-state index contributed by atoms with van der Waals surface area (Å²) in [5.74, 6) is -1.59. The highest BCUT2D eigenvalue weighted by atomic mass is 19.1. The van der Waals surface area contributed by atoms with E-state index in [1.807, 2.05) is 0 Å². The van der Waals surface area contributed by atoms with Crippen molar-refractivity contribution in [3.63, 3.8) is 0 Å². The van der Waals surface area contributed by atoms with E-state index in [0.717, 1.165) is 6.08 Å². The standard InChI is InChI=1S/C17H15FN2O3/c1-10-8-12(17(23)9-15(10)20-11(2)21)16(22)6-5-14-13(18)4-3-7-19-14/h3-9,23H,1-2H3,(H,20,21). The first-order chi connectivity index (χ1) is 10.9. The maximum Gasteiger partial charge on any atom is 0.221 e. The molecule has 23 heavy (non-hydrogen) atoms. The van der Waals surface area contributed by atoms with Crippen molar-refractivity contribution in [1.82, 2.24) is 4.98 Å². The van der Waals surface area contributed by atoms with Gasteiger partial charge in [0, 0.05) is 24.9 Å². The number of aromatic hydroxyl groups is 1.